The van der Waals surface area contributed by atoms with Gasteiger partial charge in [0.05, 0.1) is 32.7 Å². The highest BCUT2D eigenvalue weighted by Gasteiger charge is 2.21. The lowest BCUT2D eigenvalue weighted by Gasteiger charge is -2.11. The Morgan fingerprint density at radius 2 is 1.63 bits per heavy atom. The summed E-state index contributed by atoms with van der Waals surface area (Å²) < 4.78 is 17.6. The molecule has 198 valence electrons. The number of carbonyl (C=O) groups is 1. The maximum atomic E-state index is 13.2. The lowest BCUT2D eigenvalue weighted by Crippen LogP contribution is -2.27. The zero-order chi connectivity index (χ0) is 27.1. The van der Waals surface area contributed by atoms with Gasteiger partial charge in [-0.15, -0.1) is 5.10 Å². The summed E-state index contributed by atoms with van der Waals surface area (Å²) in [6.45, 7) is 4.27. The Labute approximate surface area is 225 Å². The van der Waals surface area contributed by atoms with E-state index in [1.54, 1.807) is 26.0 Å². The van der Waals surface area contributed by atoms with Crippen LogP contribution >= 0.6 is 11.8 Å². The third-order valence-electron chi connectivity index (χ3n) is 5.74. The lowest BCUT2D eigenvalue weighted by atomic mass is 10.1. The van der Waals surface area contributed by atoms with Gasteiger partial charge in [-0.3, -0.25) is 4.79 Å². The van der Waals surface area contributed by atoms with Crippen molar-refractivity contribution in [3.05, 3.63) is 76.9 Å². The van der Waals surface area contributed by atoms with Gasteiger partial charge in [0.1, 0.15) is 5.75 Å². The maximum absolute atomic E-state index is 13.2. The summed E-state index contributed by atoms with van der Waals surface area (Å²) in [4.78, 5) is 22.2. The Morgan fingerprint density at radius 1 is 0.921 bits per heavy atom. The van der Waals surface area contributed by atoms with Crippen LogP contribution in [0.25, 0.3) is 5.69 Å². The summed E-state index contributed by atoms with van der Waals surface area (Å²) in [7, 11) is 4.80. The molecule has 4 rings (SSSR count). The van der Waals surface area contributed by atoms with Crippen molar-refractivity contribution in [3.63, 3.8) is 0 Å². The van der Waals surface area contributed by atoms with Gasteiger partial charge in [-0.05, 0) is 68.3 Å². The normalized spacial score (nSPS) is 10.8. The molecule has 0 atom stereocenters. The molecule has 10 nitrogen and oxygen atoms in total. The number of amides is 1. The Morgan fingerprint density at radius 3 is 2.29 bits per heavy atom. The van der Waals surface area contributed by atoms with Crippen LogP contribution < -0.4 is 19.5 Å². The monoisotopic (exact) mass is 534 g/mol. The van der Waals surface area contributed by atoms with Crippen LogP contribution in [0.15, 0.2) is 53.7 Å². The second-order valence-corrected chi connectivity index (χ2v) is 9.35. The van der Waals surface area contributed by atoms with Crippen LogP contribution in [-0.4, -0.2) is 58.7 Å². The van der Waals surface area contributed by atoms with E-state index >= 15 is 0 Å². The molecular formula is C27H30N6O4S. The van der Waals surface area contributed by atoms with Crippen LogP contribution in [0.1, 0.15) is 33.1 Å². The molecule has 2 heterocycles. The van der Waals surface area contributed by atoms with Crippen LogP contribution in [-0.2, 0) is 12.2 Å². The van der Waals surface area contributed by atoms with E-state index < -0.39 is 0 Å². The molecule has 0 aliphatic carbocycles. The maximum Gasteiger partial charge on any atom is 0.273 e. The number of ether oxygens (including phenoxy) is 3. The first-order chi connectivity index (χ1) is 18.4. The van der Waals surface area contributed by atoms with Crippen molar-refractivity contribution < 1.29 is 19.0 Å². The summed E-state index contributed by atoms with van der Waals surface area (Å²) in [5.41, 5.74) is 4.44. The second kappa shape index (κ2) is 12.4. The highest BCUT2D eigenvalue weighted by Crippen LogP contribution is 2.28. The van der Waals surface area contributed by atoms with Gasteiger partial charge < -0.3 is 19.5 Å². The number of methoxy groups -OCH3 is 3. The van der Waals surface area contributed by atoms with Crippen LogP contribution in [0.4, 0.5) is 0 Å². The van der Waals surface area contributed by atoms with Gasteiger partial charge in [0.2, 0.25) is 0 Å². The van der Waals surface area contributed by atoms with Crippen molar-refractivity contribution in [2.75, 3.05) is 27.9 Å². The number of hydrogen-bond donors (Lipinski definition) is 1. The molecule has 0 saturated heterocycles. The summed E-state index contributed by atoms with van der Waals surface area (Å²) in [6, 6.07) is 15.0. The van der Waals surface area contributed by atoms with Crippen LogP contribution in [0.3, 0.4) is 0 Å². The van der Waals surface area contributed by atoms with Gasteiger partial charge in [-0.2, -0.15) is 0 Å². The number of hydrogen-bond acceptors (Lipinski definition) is 9. The SMILES string of the molecule is COc1ccc(-n2nnc(C(=O)NCCc3ccc(OC)c(OC)c3)c2CSc2nc(C)cc(C)n2)cc1. The van der Waals surface area contributed by atoms with Gasteiger partial charge in [0.25, 0.3) is 5.91 Å². The first-order valence-corrected chi connectivity index (χ1v) is 12.9. The predicted octanol–water partition coefficient (Wildman–Crippen LogP) is 3.96. The van der Waals surface area contributed by atoms with Crippen molar-refractivity contribution >= 4 is 17.7 Å². The zero-order valence-electron chi connectivity index (χ0n) is 22.0. The van der Waals surface area contributed by atoms with Crippen LogP contribution in [0, 0.1) is 13.8 Å². The largest absolute Gasteiger partial charge is 0.497 e. The fourth-order valence-corrected chi connectivity index (χ4v) is 4.81. The molecule has 0 bridgehead atoms. The number of aryl methyl sites for hydroxylation is 2. The molecule has 0 spiro atoms. The smallest absolute Gasteiger partial charge is 0.273 e. The van der Waals surface area contributed by atoms with Crippen LogP contribution in [0.2, 0.25) is 0 Å². The van der Waals surface area contributed by atoms with Gasteiger partial charge in [0, 0.05) is 23.7 Å². The fourth-order valence-electron chi connectivity index (χ4n) is 3.87. The third-order valence-corrected chi connectivity index (χ3v) is 6.60. The lowest BCUT2D eigenvalue weighted by molar-refractivity contribution is 0.0948. The Kier molecular flexibility index (Phi) is 8.80. The molecule has 0 unspecified atom stereocenters. The molecule has 2 aromatic heterocycles. The highest BCUT2D eigenvalue weighted by molar-refractivity contribution is 7.98. The molecule has 0 aliphatic rings. The van der Waals surface area contributed by atoms with E-state index in [9.17, 15) is 4.79 Å². The molecule has 0 fully saturated rings. The first kappa shape index (κ1) is 26.9. The van der Waals surface area contributed by atoms with Crippen molar-refractivity contribution in [2.24, 2.45) is 0 Å². The average Bonchev–Trinajstić information content (AvgIpc) is 3.35. The molecular weight excluding hydrogens is 504 g/mol. The zero-order valence-corrected chi connectivity index (χ0v) is 22.8. The van der Waals surface area contributed by atoms with Crippen molar-refractivity contribution in [2.45, 2.75) is 31.2 Å². The molecule has 0 aliphatic heterocycles. The van der Waals surface area contributed by atoms with E-state index in [1.807, 2.05) is 62.4 Å². The number of nitrogens with one attached hydrogen (secondary N) is 1. The third kappa shape index (κ3) is 6.41. The molecule has 1 amide bonds. The van der Waals surface area contributed by atoms with Crippen molar-refractivity contribution in [3.8, 4) is 22.9 Å². The number of thioether (sulfide) groups is 1. The topological polar surface area (TPSA) is 113 Å². The standard InChI is InChI=1S/C27H30N6O4S/c1-17-14-18(2)30-27(29-17)38-16-22-25(31-32-33(22)20-7-9-21(35-3)10-8-20)26(34)28-13-12-19-6-11-23(36-4)24(15-19)37-5/h6-11,14-15H,12-13,16H2,1-5H3,(H,28,34). The van der Waals surface area contributed by atoms with E-state index in [1.165, 1.54) is 11.8 Å². The minimum atomic E-state index is -0.304. The summed E-state index contributed by atoms with van der Waals surface area (Å²) >= 11 is 1.43. The number of benzene rings is 2. The minimum absolute atomic E-state index is 0.255. The van der Waals surface area contributed by atoms with Gasteiger partial charge >= 0.3 is 0 Å². The van der Waals surface area contributed by atoms with Crippen molar-refractivity contribution in [1.29, 1.82) is 0 Å². The highest BCUT2D eigenvalue weighted by atomic mass is 32.2. The van der Waals surface area contributed by atoms with E-state index in [-0.39, 0.29) is 11.6 Å². The predicted molar refractivity (Wildman–Crippen MR) is 145 cm³/mol. The van der Waals surface area contributed by atoms with Gasteiger partial charge in [-0.1, -0.05) is 23.0 Å². The second-order valence-electron chi connectivity index (χ2n) is 8.41. The van der Waals surface area contributed by atoms with E-state index in [2.05, 4.69) is 25.6 Å². The molecule has 38 heavy (non-hydrogen) atoms. The molecule has 1 N–H and O–H groups in total. The molecule has 0 saturated carbocycles. The fraction of sp³-hybridized carbons (Fsp3) is 0.296. The van der Waals surface area contributed by atoms with Gasteiger partial charge in [-0.25, -0.2) is 14.6 Å². The summed E-state index contributed by atoms with van der Waals surface area (Å²) in [5, 5.41) is 12.1. The van der Waals surface area contributed by atoms with E-state index in [0.717, 1.165) is 28.4 Å². The van der Waals surface area contributed by atoms with Crippen LogP contribution in [0.5, 0.6) is 17.2 Å². The number of carbonyl (C=O) groups excluding carboxylic acids is 1. The quantitative estimate of drug-likeness (QED) is 0.226. The molecule has 2 aromatic carbocycles. The van der Waals surface area contributed by atoms with Crippen molar-refractivity contribution in [1.82, 2.24) is 30.3 Å². The minimum Gasteiger partial charge on any atom is -0.497 e. The Balaban J connectivity index is 1.53. The average molecular weight is 535 g/mol. The number of rotatable bonds is 11. The molecule has 4 aromatic rings. The number of nitrogens with zero attached hydrogens (tertiary/aromatic N) is 5. The molecule has 0 radical (unpaired) electrons. The van der Waals surface area contributed by atoms with E-state index in [4.69, 9.17) is 14.2 Å². The first-order valence-electron chi connectivity index (χ1n) is 11.9. The number of aromatic nitrogens is 5. The summed E-state index contributed by atoms with van der Waals surface area (Å²) in [5.74, 6) is 2.13. The summed E-state index contributed by atoms with van der Waals surface area (Å²) in [6.07, 6.45) is 0.610. The molecule has 11 heteroatoms. The Bertz CT molecular complexity index is 1390. The van der Waals surface area contributed by atoms with E-state index in [0.29, 0.717) is 41.1 Å². The Hall–Kier alpha value is -4.12. The van der Waals surface area contributed by atoms with Gasteiger partial charge in [0.15, 0.2) is 22.3 Å².